The molecule has 1 amide bonds. The van der Waals surface area contributed by atoms with Crippen LogP contribution in [0, 0.1) is 17.5 Å². The van der Waals surface area contributed by atoms with Gasteiger partial charge in [-0.05, 0) is 25.0 Å². The lowest BCUT2D eigenvalue weighted by atomic mass is 10.1. The van der Waals surface area contributed by atoms with Gasteiger partial charge in [-0.2, -0.15) is 0 Å². The molecule has 7 nitrogen and oxygen atoms in total. The fourth-order valence-electron chi connectivity index (χ4n) is 2.16. The highest BCUT2D eigenvalue weighted by atomic mass is 127. The zero-order valence-corrected chi connectivity index (χ0v) is 18.5. The number of aromatic nitrogens is 1. The molecule has 0 atom stereocenters. The van der Waals surface area contributed by atoms with E-state index >= 15 is 0 Å². The third-order valence-electron chi connectivity index (χ3n) is 3.63. The number of aliphatic imine (C=N–C) groups is 1. The Bertz CT molecular complexity index is 858. The van der Waals surface area contributed by atoms with Gasteiger partial charge < -0.3 is 20.5 Å². The van der Waals surface area contributed by atoms with Crippen molar-refractivity contribution in [3.8, 4) is 0 Å². The molecule has 1 aromatic heterocycles. The number of hydrogen-bond donors (Lipinski definition) is 3. The molecule has 0 saturated heterocycles. The minimum absolute atomic E-state index is 0. The standard InChI is InChI=1S/C18H22F3N5O2.HI/c1-4-22-18(23-8-11-7-14(10(2)3)26-28-11)24-9-15(27)25-13-6-5-12(19)16(20)17(13)21;/h5-7,10H,4,8-9H2,1-3H3,(H,25,27)(H2,22,23,24);1H. The predicted molar refractivity (Wildman–Crippen MR) is 114 cm³/mol. The monoisotopic (exact) mass is 525 g/mol. The number of guanidine groups is 1. The van der Waals surface area contributed by atoms with Gasteiger partial charge in [-0.15, -0.1) is 24.0 Å². The smallest absolute Gasteiger partial charge is 0.246 e. The molecule has 160 valence electrons. The van der Waals surface area contributed by atoms with Gasteiger partial charge in [-0.1, -0.05) is 19.0 Å². The Morgan fingerprint density at radius 2 is 1.93 bits per heavy atom. The number of carbonyl (C=O) groups is 1. The van der Waals surface area contributed by atoms with E-state index < -0.39 is 29.0 Å². The number of nitrogens with one attached hydrogen (secondary N) is 3. The lowest BCUT2D eigenvalue weighted by Gasteiger charge is -2.10. The average molecular weight is 525 g/mol. The van der Waals surface area contributed by atoms with E-state index in [1.165, 1.54) is 0 Å². The van der Waals surface area contributed by atoms with Gasteiger partial charge in [0.05, 0.1) is 17.9 Å². The molecule has 2 rings (SSSR count). The molecule has 0 saturated carbocycles. The van der Waals surface area contributed by atoms with Gasteiger partial charge in [0.15, 0.2) is 29.2 Å². The van der Waals surface area contributed by atoms with E-state index in [0.717, 1.165) is 17.8 Å². The van der Waals surface area contributed by atoms with E-state index in [1.807, 2.05) is 26.8 Å². The van der Waals surface area contributed by atoms with Gasteiger partial charge in [0.1, 0.15) is 6.54 Å². The molecular weight excluding hydrogens is 502 g/mol. The van der Waals surface area contributed by atoms with Crippen molar-refractivity contribution < 1.29 is 22.5 Å². The zero-order valence-electron chi connectivity index (χ0n) is 16.2. The zero-order chi connectivity index (χ0) is 20.7. The molecule has 0 fully saturated rings. The summed E-state index contributed by atoms with van der Waals surface area (Å²) in [6.45, 7) is 6.31. The van der Waals surface area contributed by atoms with Gasteiger partial charge in [-0.25, -0.2) is 18.2 Å². The molecule has 1 aromatic carbocycles. The molecular formula is C18H23F3IN5O2. The van der Waals surface area contributed by atoms with Gasteiger partial charge in [-0.3, -0.25) is 4.79 Å². The highest BCUT2D eigenvalue weighted by Gasteiger charge is 2.15. The van der Waals surface area contributed by atoms with Crippen LogP contribution in [0.15, 0.2) is 27.7 Å². The molecule has 0 bridgehead atoms. The maximum atomic E-state index is 13.6. The topological polar surface area (TPSA) is 91.5 Å². The summed E-state index contributed by atoms with van der Waals surface area (Å²) in [5.74, 6) is -3.98. The second kappa shape index (κ2) is 11.6. The number of anilines is 1. The van der Waals surface area contributed by atoms with E-state index in [0.29, 0.717) is 24.8 Å². The van der Waals surface area contributed by atoms with E-state index in [2.05, 4.69) is 26.1 Å². The Hall–Kier alpha value is -2.31. The summed E-state index contributed by atoms with van der Waals surface area (Å²) >= 11 is 0. The molecule has 3 N–H and O–H groups in total. The molecule has 2 aromatic rings. The van der Waals surface area contributed by atoms with Crippen molar-refractivity contribution in [2.45, 2.75) is 33.2 Å². The average Bonchev–Trinajstić information content (AvgIpc) is 3.14. The normalized spacial score (nSPS) is 11.2. The number of nitrogens with zero attached hydrogens (tertiary/aromatic N) is 2. The first-order chi connectivity index (χ1) is 13.3. The molecule has 0 aliphatic carbocycles. The summed E-state index contributed by atoms with van der Waals surface area (Å²) in [6, 6.07) is 3.49. The number of rotatable bonds is 7. The number of halogens is 4. The lowest BCUT2D eigenvalue weighted by Crippen LogP contribution is -2.37. The maximum Gasteiger partial charge on any atom is 0.246 e. The first-order valence-electron chi connectivity index (χ1n) is 8.72. The molecule has 11 heteroatoms. The summed E-state index contributed by atoms with van der Waals surface area (Å²) < 4.78 is 44.9. The van der Waals surface area contributed by atoms with Crippen LogP contribution in [0.3, 0.4) is 0 Å². The first kappa shape index (κ1) is 24.7. The van der Waals surface area contributed by atoms with Crippen molar-refractivity contribution in [1.29, 1.82) is 0 Å². The van der Waals surface area contributed by atoms with Crippen molar-refractivity contribution >= 4 is 41.5 Å². The maximum absolute atomic E-state index is 13.6. The van der Waals surface area contributed by atoms with E-state index in [-0.39, 0.29) is 36.4 Å². The van der Waals surface area contributed by atoms with Crippen LogP contribution in [-0.2, 0) is 11.3 Å². The number of hydrogen-bond acceptors (Lipinski definition) is 4. The molecule has 1 heterocycles. The van der Waals surface area contributed by atoms with Crippen molar-refractivity contribution in [1.82, 2.24) is 15.8 Å². The summed E-state index contributed by atoms with van der Waals surface area (Å²) in [5.41, 5.74) is 0.367. The van der Waals surface area contributed by atoms with Crippen LogP contribution in [-0.4, -0.2) is 30.1 Å². The van der Waals surface area contributed by atoms with Gasteiger partial charge in [0.25, 0.3) is 0 Å². The quantitative estimate of drug-likeness (QED) is 0.223. The van der Waals surface area contributed by atoms with Crippen LogP contribution in [0.5, 0.6) is 0 Å². The fraction of sp³-hybridized carbons (Fsp3) is 0.389. The Morgan fingerprint density at radius 1 is 1.21 bits per heavy atom. The fourth-order valence-corrected chi connectivity index (χ4v) is 2.16. The van der Waals surface area contributed by atoms with Crippen LogP contribution in [0.1, 0.15) is 38.1 Å². The highest BCUT2D eigenvalue weighted by Crippen LogP contribution is 2.19. The highest BCUT2D eigenvalue weighted by molar-refractivity contribution is 14.0. The SMILES string of the molecule is CCNC(=NCC(=O)Nc1ccc(F)c(F)c1F)NCc1cc(C(C)C)no1.I. The Labute approximate surface area is 183 Å². The van der Waals surface area contributed by atoms with E-state index in [1.54, 1.807) is 0 Å². The Kier molecular flexibility index (Phi) is 9.92. The van der Waals surface area contributed by atoms with Crippen molar-refractivity contribution in [2.24, 2.45) is 4.99 Å². The Balaban J connectivity index is 0.00000420. The summed E-state index contributed by atoms with van der Waals surface area (Å²) in [5, 5.41) is 12.0. The predicted octanol–water partition coefficient (Wildman–Crippen LogP) is 3.53. The van der Waals surface area contributed by atoms with Crippen LogP contribution in [0.4, 0.5) is 18.9 Å². The summed E-state index contributed by atoms with van der Waals surface area (Å²) in [7, 11) is 0. The number of carbonyl (C=O) groups excluding carboxylic acids is 1. The number of amides is 1. The second-order valence-corrected chi connectivity index (χ2v) is 6.19. The minimum atomic E-state index is -1.65. The molecule has 0 aliphatic rings. The Morgan fingerprint density at radius 3 is 2.55 bits per heavy atom. The van der Waals surface area contributed by atoms with Crippen LogP contribution < -0.4 is 16.0 Å². The van der Waals surface area contributed by atoms with Gasteiger partial charge in [0, 0.05) is 12.6 Å². The third kappa shape index (κ3) is 7.22. The van der Waals surface area contributed by atoms with Crippen LogP contribution >= 0.6 is 24.0 Å². The van der Waals surface area contributed by atoms with Gasteiger partial charge >= 0.3 is 0 Å². The van der Waals surface area contributed by atoms with Crippen molar-refractivity contribution in [2.75, 3.05) is 18.4 Å². The third-order valence-corrected chi connectivity index (χ3v) is 3.63. The molecule has 29 heavy (non-hydrogen) atoms. The van der Waals surface area contributed by atoms with Crippen LogP contribution in [0.25, 0.3) is 0 Å². The van der Waals surface area contributed by atoms with Crippen LogP contribution in [0.2, 0.25) is 0 Å². The number of benzene rings is 1. The van der Waals surface area contributed by atoms with Gasteiger partial charge in [0.2, 0.25) is 5.91 Å². The molecule has 0 spiro atoms. The second-order valence-electron chi connectivity index (χ2n) is 6.19. The summed E-state index contributed by atoms with van der Waals surface area (Å²) in [6.07, 6.45) is 0. The summed E-state index contributed by atoms with van der Waals surface area (Å²) in [4.78, 5) is 16.0. The largest absolute Gasteiger partial charge is 0.359 e. The molecule has 0 aliphatic heterocycles. The van der Waals surface area contributed by atoms with Crippen molar-refractivity contribution in [3.63, 3.8) is 0 Å². The molecule has 0 radical (unpaired) electrons. The molecule has 0 unspecified atom stereocenters. The van der Waals surface area contributed by atoms with E-state index in [4.69, 9.17) is 4.52 Å². The van der Waals surface area contributed by atoms with Crippen molar-refractivity contribution in [3.05, 3.63) is 47.1 Å². The van der Waals surface area contributed by atoms with E-state index in [9.17, 15) is 18.0 Å². The lowest BCUT2D eigenvalue weighted by molar-refractivity contribution is -0.114. The first-order valence-corrected chi connectivity index (χ1v) is 8.72. The minimum Gasteiger partial charge on any atom is -0.359 e.